The van der Waals surface area contributed by atoms with Crippen molar-refractivity contribution in [2.75, 3.05) is 24.6 Å². The summed E-state index contributed by atoms with van der Waals surface area (Å²) < 4.78 is 22.6. The molecule has 1 aromatic rings. The smallest absolute Gasteiger partial charge is 0.264 e. The van der Waals surface area contributed by atoms with Gasteiger partial charge in [0.25, 0.3) is 5.91 Å². The van der Waals surface area contributed by atoms with Gasteiger partial charge >= 0.3 is 0 Å². The Hall–Kier alpha value is -0.880. The van der Waals surface area contributed by atoms with Gasteiger partial charge in [0.15, 0.2) is 9.84 Å². The standard InChI is InChI=1S/C11H15NO3S2/c1-2-9-3-6-16-10(9)11(13)12-4-7-17(14,15)8-5-12/h3,6H,2,4-5,7-8H2,1H3. The fourth-order valence-electron chi connectivity index (χ4n) is 1.86. The highest BCUT2D eigenvalue weighted by Gasteiger charge is 2.27. The quantitative estimate of drug-likeness (QED) is 0.813. The Morgan fingerprint density at radius 3 is 2.65 bits per heavy atom. The average Bonchev–Trinajstić information content (AvgIpc) is 2.76. The molecule has 0 unspecified atom stereocenters. The van der Waals surface area contributed by atoms with Crippen LogP contribution in [-0.4, -0.2) is 43.8 Å². The molecule has 0 aromatic carbocycles. The molecule has 17 heavy (non-hydrogen) atoms. The van der Waals surface area contributed by atoms with Crippen molar-refractivity contribution in [2.45, 2.75) is 13.3 Å². The van der Waals surface area contributed by atoms with Crippen LogP contribution in [0.15, 0.2) is 11.4 Å². The van der Waals surface area contributed by atoms with Gasteiger partial charge < -0.3 is 4.90 Å². The second kappa shape index (κ2) is 4.78. The van der Waals surface area contributed by atoms with Gasteiger partial charge in [-0.15, -0.1) is 11.3 Å². The number of hydrogen-bond acceptors (Lipinski definition) is 4. The first-order valence-corrected chi connectivity index (χ1v) is 8.29. The maximum absolute atomic E-state index is 12.2. The molecule has 6 heteroatoms. The van der Waals surface area contributed by atoms with Gasteiger partial charge in [-0.05, 0) is 23.4 Å². The molecular formula is C11H15NO3S2. The molecule has 0 bridgehead atoms. The van der Waals surface area contributed by atoms with E-state index in [0.717, 1.165) is 16.9 Å². The summed E-state index contributed by atoms with van der Waals surface area (Å²) in [6.45, 7) is 2.66. The lowest BCUT2D eigenvalue weighted by Crippen LogP contribution is -2.43. The molecule has 2 rings (SSSR count). The maximum atomic E-state index is 12.2. The van der Waals surface area contributed by atoms with Crippen LogP contribution >= 0.6 is 11.3 Å². The molecular weight excluding hydrogens is 258 g/mol. The summed E-state index contributed by atoms with van der Waals surface area (Å²) in [5.74, 6) is 0.156. The Morgan fingerprint density at radius 2 is 2.06 bits per heavy atom. The molecule has 1 aliphatic rings. The van der Waals surface area contributed by atoms with E-state index in [2.05, 4.69) is 0 Å². The molecule has 1 aliphatic heterocycles. The molecule has 0 saturated carbocycles. The summed E-state index contributed by atoms with van der Waals surface area (Å²) in [5.41, 5.74) is 1.05. The number of hydrogen-bond donors (Lipinski definition) is 0. The fourth-order valence-corrected chi connectivity index (χ4v) is 4.02. The first-order valence-electron chi connectivity index (χ1n) is 5.59. The van der Waals surface area contributed by atoms with E-state index in [4.69, 9.17) is 0 Å². The second-order valence-electron chi connectivity index (χ2n) is 4.07. The second-order valence-corrected chi connectivity index (χ2v) is 7.29. The van der Waals surface area contributed by atoms with Gasteiger partial charge in [0.1, 0.15) is 0 Å². The number of sulfone groups is 1. The molecule has 0 atom stereocenters. The third-order valence-electron chi connectivity index (χ3n) is 2.95. The van der Waals surface area contributed by atoms with E-state index in [0.29, 0.717) is 13.1 Å². The number of aryl methyl sites for hydroxylation is 1. The monoisotopic (exact) mass is 273 g/mol. The first-order chi connectivity index (χ1) is 8.03. The summed E-state index contributed by atoms with van der Waals surface area (Å²) >= 11 is 1.44. The van der Waals surface area contributed by atoms with Gasteiger partial charge in [-0.25, -0.2) is 8.42 Å². The maximum Gasteiger partial charge on any atom is 0.264 e. The van der Waals surface area contributed by atoms with Gasteiger partial charge in [0, 0.05) is 13.1 Å². The minimum absolute atomic E-state index is 0.0215. The average molecular weight is 273 g/mol. The van der Waals surface area contributed by atoms with E-state index in [1.165, 1.54) is 11.3 Å². The SMILES string of the molecule is CCc1ccsc1C(=O)N1CCS(=O)(=O)CC1. The minimum Gasteiger partial charge on any atom is -0.336 e. The van der Waals surface area contributed by atoms with Crippen molar-refractivity contribution in [1.82, 2.24) is 4.90 Å². The summed E-state index contributed by atoms with van der Waals surface area (Å²) in [4.78, 5) is 14.6. The van der Waals surface area contributed by atoms with Crippen LogP contribution in [0.2, 0.25) is 0 Å². The molecule has 1 fully saturated rings. The Balaban J connectivity index is 2.12. The lowest BCUT2D eigenvalue weighted by atomic mass is 10.2. The molecule has 1 aromatic heterocycles. The van der Waals surface area contributed by atoms with Crippen LogP contribution in [0.1, 0.15) is 22.2 Å². The third kappa shape index (κ3) is 2.69. The highest BCUT2D eigenvalue weighted by Crippen LogP contribution is 2.20. The molecule has 1 amide bonds. The molecule has 0 spiro atoms. The van der Waals surface area contributed by atoms with Crippen molar-refractivity contribution < 1.29 is 13.2 Å². The van der Waals surface area contributed by atoms with E-state index in [9.17, 15) is 13.2 Å². The van der Waals surface area contributed by atoms with Gasteiger partial charge in [0.05, 0.1) is 16.4 Å². The van der Waals surface area contributed by atoms with Crippen LogP contribution < -0.4 is 0 Å². The molecule has 0 radical (unpaired) electrons. The number of rotatable bonds is 2. The number of amides is 1. The number of carbonyl (C=O) groups excluding carboxylic acids is 1. The van der Waals surface area contributed by atoms with Crippen LogP contribution in [-0.2, 0) is 16.3 Å². The van der Waals surface area contributed by atoms with Gasteiger partial charge in [-0.3, -0.25) is 4.79 Å². The minimum atomic E-state index is -2.92. The van der Waals surface area contributed by atoms with Gasteiger partial charge in [0.2, 0.25) is 0 Å². The summed E-state index contributed by atoms with van der Waals surface area (Å²) in [6.07, 6.45) is 0.830. The lowest BCUT2D eigenvalue weighted by molar-refractivity contribution is 0.0774. The first kappa shape index (κ1) is 12.6. The zero-order chi connectivity index (χ0) is 12.5. The molecule has 0 N–H and O–H groups in total. The van der Waals surface area contributed by atoms with Gasteiger partial charge in [-0.1, -0.05) is 6.92 Å². The predicted molar refractivity (Wildman–Crippen MR) is 68.3 cm³/mol. The van der Waals surface area contributed by atoms with E-state index >= 15 is 0 Å². The van der Waals surface area contributed by atoms with Crippen LogP contribution in [0.25, 0.3) is 0 Å². The zero-order valence-corrected chi connectivity index (χ0v) is 11.3. The molecule has 94 valence electrons. The molecule has 0 aliphatic carbocycles. The summed E-state index contributed by atoms with van der Waals surface area (Å²) in [5, 5.41) is 1.91. The van der Waals surface area contributed by atoms with Crippen LogP contribution in [0, 0.1) is 0 Å². The summed E-state index contributed by atoms with van der Waals surface area (Å²) in [6, 6.07) is 1.96. The Bertz CT molecular complexity index is 505. The fraction of sp³-hybridized carbons (Fsp3) is 0.545. The van der Waals surface area contributed by atoms with Crippen molar-refractivity contribution in [1.29, 1.82) is 0 Å². The lowest BCUT2D eigenvalue weighted by Gasteiger charge is -2.26. The van der Waals surface area contributed by atoms with Crippen molar-refractivity contribution in [3.05, 3.63) is 21.9 Å². The molecule has 1 saturated heterocycles. The number of nitrogens with zero attached hydrogens (tertiary/aromatic N) is 1. The van der Waals surface area contributed by atoms with E-state index in [1.807, 2.05) is 18.4 Å². The van der Waals surface area contributed by atoms with Crippen molar-refractivity contribution in [3.63, 3.8) is 0 Å². The number of carbonyl (C=O) groups is 1. The Labute approximate surface area is 105 Å². The largest absolute Gasteiger partial charge is 0.336 e. The Kier molecular flexibility index (Phi) is 3.53. The van der Waals surface area contributed by atoms with E-state index in [1.54, 1.807) is 4.90 Å². The highest BCUT2D eigenvalue weighted by atomic mass is 32.2. The predicted octanol–water partition coefficient (Wildman–Crippen LogP) is 1.18. The van der Waals surface area contributed by atoms with Crippen molar-refractivity contribution in [2.24, 2.45) is 0 Å². The van der Waals surface area contributed by atoms with Crippen molar-refractivity contribution in [3.8, 4) is 0 Å². The van der Waals surface area contributed by atoms with Crippen molar-refractivity contribution >= 4 is 27.1 Å². The van der Waals surface area contributed by atoms with Crippen LogP contribution in [0.3, 0.4) is 0 Å². The van der Waals surface area contributed by atoms with E-state index in [-0.39, 0.29) is 17.4 Å². The normalized spacial score (nSPS) is 19.2. The van der Waals surface area contributed by atoms with Crippen LogP contribution in [0.4, 0.5) is 0 Å². The Morgan fingerprint density at radius 1 is 1.41 bits per heavy atom. The topological polar surface area (TPSA) is 54.5 Å². The number of thiophene rings is 1. The van der Waals surface area contributed by atoms with E-state index < -0.39 is 9.84 Å². The van der Waals surface area contributed by atoms with Crippen LogP contribution in [0.5, 0.6) is 0 Å². The highest BCUT2D eigenvalue weighted by molar-refractivity contribution is 7.91. The molecule has 2 heterocycles. The van der Waals surface area contributed by atoms with Gasteiger partial charge in [-0.2, -0.15) is 0 Å². The third-order valence-corrected chi connectivity index (χ3v) is 5.51. The summed E-state index contributed by atoms with van der Waals surface area (Å²) in [7, 11) is -2.92. The molecule has 4 nitrogen and oxygen atoms in total. The zero-order valence-electron chi connectivity index (χ0n) is 9.68.